The fraction of sp³-hybridized carbons (Fsp3) is 0.750. The van der Waals surface area contributed by atoms with Gasteiger partial charge < -0.3 is 10.2 Å². The van der Waals surface area contributed by atoms with Crippen LogP contribution in [-0.4, -0.2) is 61.5 Å². The number of carbonyl (C=O) groups excluding carboxylic acids is 1. The van der Waals surface area contributed by atoms with E-state index in [0.717, 1.165) is 38.5 Å². The highest BCUT2D eigenvalue weighted by Gasteiger charge is 2.21. The monoisotopic (exact) mass is 363 g/mol. The average molecular weight is 364 g/mol. The zero-order valence-corrected chi connectivity index (χ0v) is 16.2. The van der Waals surface area contributed by atoms with Crippen LogP contribution in [0.15, 0.2) is 17.5 Å². The van der Waals surface area contributed by atoms with Crippen molar-refractivity contribution in [3.63, 3.8) is 0 Å². The second-order valence-electron chi connectivity index (χ2n) is 7.61. The first-order valence-electron chi connectivity index (χ1n) is 10.0. The van der Waals surface area contributed by atoms with Gasteiger partial charge in [0.05, 0.1) is 6.54 Å². The van der Waals surface area contributed by atoms with Crippen molar-refractivity contribution < 1.29 is 4.79 Å². The van der Waals surface area contributed by atoms with Gasteiger partial charge in [0.25, 0.3) is 0 Å². The first kappa shape index (κ1) is 18.9. The third-order valence-corrected chi connectivity index (χ3v) is 6.50. The van der Waals surface area contributed by atoms with E-state index in [1.165, 1.54) is 56.5 Å². The number of hydrogen-bond donors (Lipinski definition) is 1. The number of amides is 1. The first-order valence-corrected chi connectivity index (χ1v) is 10.9. The molecule has 0 atom stereocenters. The lowest BCUT2D eigenvalue weighted by atomic mass is 9.89. The highest BCUT2D eigenvalue weighted by molar-refractivity contribution is 7.09. The summed E-state index contributed by atoms with van der Waals surface area (Å²) in [6, 6.07) is 4.20. The van der Waals surface area contributed by atoms with Gasteiger partial charge in [-0.3, -0.25) is 9.69 Å². The fourth-order valence-electron chi connectivity index (χ4n) is 4.14. The van der Waals surface area contributed by atoms with Gasteiger partial charge in [0, 0.05) is 31.1 Å². The van der Waals surface area contributed by atoms with Crippen LogP contribution in [0.4, 0.5) is 0 Å². The predicted octanol–water partition coefficient (Wildman–Crippen LogP) is 2.99. The Kier molecular flexibility index (Phi) is 7.77. The molecule has 0 spiro atoms. The van der Waals surface area contributed by atoms with Crippen molar-refractivity contribution >= 4 is 17.2 Å². The summed E-state index contributed by atoms with van der Waals surface area (Å²) in [6.07, 6.45) is 9.27. The van der Waals surface area contributed by atoms with Gasteiger partial charge in [-0.15, -0.1) is 11.3 Å². The smallest absolute Gasteiger partial charge is 0.234 e. The van der Waals surface area contributed by atoms with Crippen LogP contribution in [0.5, 0.6) is 0 Å². The Hall–Kier alpha value is -0.910. The molecule has 1 saturated heterocycles. The molecule has 140 valence electrons. The molecule has 1 aromatic heterocycles. The van der Waals surface area contributed by atoms with Crippen LogP contribution >= 0.6 is 11.3 Å². The summed E-state index contributed by atoms with van der Waals surface area (Å²) in [5.74, 6) is 1.10. The minimum atomic E-state index is 0.178. The van der Waals surface area contributed by atoms with E-state index in [1.54, 1.807) is 11.3 Å². The third kappa shape index (κ3) is 6.72. The van der Waals surface area contributed by atoms with Gasteiger partial charge >= 0.3 is 0 Å². The van der Waals surface area contributed by atoms with Crippen LogP contribution in [0, 0.1) is 5.92 Å². The van der Waals surface area contributed by atoms with E-state index in [0.29, 0.717) is 6.54 Å². The highest BCUT2D eigenvalue weighted by Crippen LogP contribution is 2.24. The molecule has 0 bridgehead atoms. The Labute approximate surface area is 156 Å². The fourth-order valence-corrected chi connectivity index (χ4v) is 4.85. The van der Waals surface area contributed by atoms with E-state index < -0.39 is 0 Å². The predicted molar refractivity (Wildman–Crippen MR) is 105 cm³/mol. The molecule has 1 aliphatic carbocycles. The SMILES string of the molecule is O=C(CN1CCCN(CC2CCCCC2)CC1)NCCc1cccs1. The van der Waals surface area contributed by atoms with Crippen molar-refractivity contribution in [1.29, 1.82) is 0 Å². The van der Waals surface area contributed by atoms with Gasteiger partial charge in [0.1, 0.15) is 0 Å². The van der Waals surface area contributed by atoms with E-state index in [1.807, 2.05) is 0 Å². The number of carbonyl (C=O) groups is 1. The molecule has 0 aromatic carbocycles. The Morgan fingerprint density at radius 2 is 1.88 bits per heavy atom. The molecule has 5 heteroatoms. The second kappa shape index (κ2) is 10.3. The molecule has 4 nitrogen and oxygen atoms in total. The minimum Gasteiger partial charge on any atom is -0.355 e. The summed E-state index contributed by atoms with van der Waals surface area (Å²) in [6.45, 7) is 7.00. The zero-order chi connectivity index (χ0) is 17.3. The molecular weight excluding hydrogens is 330 g/mol. The maximum atomic E-state index is 12.2. The van der Waals surface area contributed by atoms with E-state index in [-0.39, 0.29) is 5.91 Å². The summed E-state index contributed by atoms with van der Waals surface area (Å²) < 4.78 is 0. The summed E-state index contributed by atoms with van der Waals surface area (Å²) in [4.78, 5) is 18.5. The van der Waals surface area contributed by atoms with Gasteiger partial charge in [-0.1, -0.05) is 25.3 Å². The zero-order valence-electron chi connectivity index (χ0n) is 15.4. The highest BCUT2D eigenvalue weighted by atomic mass is 32.1. The molecule has 1 amide bonds. The molecule has 1 aliphatic heterocycles. The van der Waals surface area contributed by atoms with Crippen LogP contribution in [0.2, 0.25) is 0 Å². The van der Waals surface area contributed by atoms with Gasteiger partial charge in [-0.2, -0.15) is 0 Å². The minimum absolute atomic E-state index is 0.178. The van der Waals surface area contributed by atoms with Crippen LogP contribution < -0.4 is 5.32 Å². The number of thiophene rings is 1. The molecule has 3 rings (SSSR count). The molecule has 0 unspecified atom stereocenters. The summed E-state index contributed by atoms with van der Waals surface area (Å²) in [5, 5.41) is 5.17. The normalized spacial score (nSPS) is 21.1. The molecule has 1 saturated carbocycles. The van der Waals surface area contributed by atoms with Gasteiger partial charge in [0.15, 0.2) is 0 Å². The maximum Gasteiger partial charge on any atom is 0.234 e. The molecule has 1 N–H and O–H groups in total. The Bertz CT molecular complexity index is 499. The summed E-state index contributed by atoms with van der Waals surface area (Å²) in [5.41, 5.74) is 0. The quantitative estimate of drug-likeness (QED) is 0.809. The lowest BCUT2D eigenvalue weighted by Gasteiger charge is -2.28. The lowest BCUT2D eigenvalue weighted by molar-refractivity contribution is -0.122. The van der Waals surface area contributed by atoms with Gasteiger partial charge in [-0.25, -0.2) is 0 Å². The van der Waals surface area contributed by atoms with Gasteiger partial charge in [0.2, 0.25) is 5.91 Å². The maximum absolute atomic E-state index is 12.2. The van der Waals surface area contributed by atoms with Crippen LogP contribution in [0.25, 0.3) is 0 Å². The van der Waals surface area contributed by atoms with Crippen molar-refractivity contribution in [2.24, 2.45) is 5.92 Å². The molecule has 0 radical (unpaired) electrons. The number of rotatable bonds is 7. The first-order chi connectivity index (χ1) is 12.3. The standard InChI is InChI=1S/C20H33N3OS/c24-20(21-10-9-19-8-4-15-25-19)17-23-12-5-11-22(13-14-23)16-18-6-2-1-3-7-18/h4,8,15,18H,1-3,5-7,9-14,16-17H2,(H,21,24). The van der Waals surface area contributed by atoms with Crippen molar-refractivity contribution in [2.75, 3.05) is 45.8 Å². The van der Waals surface area contributed by atoms with E-state index in [9.17, 15) is 4.79 Å². The summed E-state index contributed by atoms with van der Waals surface area (Å²) in [7, 11) is 0. The summed E-state index contributed by atoms with van der Waals surface area (Å²) >= 11 is 1.76. The average Bonchev–Trinajstić information content (AvgIpc) is 3.04. The van der Waals surface area contributed by atoms with Gasteiger partial charge in [-0.05, 0) is 56.1 Å². The van der Waals surface area contributed by atoms with E-state index in [4.69, 9.17) is 0 Å². The molecular formula is C20H33N3OS. The topological polar surface area (TPSA) is 35.6 Å². The van der Waals surface area contributed by atoms with E-state index >= 15 is 0 Å². The number of nitrogens with one attached hydrogen (secondary N) is 1. The van der Waals surface area contributed by atoms with Crippen molar-refractivity contribution in [3.8, 4) is 0 Å². The molecule has 2 fully saturated rings. The number of nitrogens with zero attached hydrogens (tertiary/aromatic N) is 2. The lowest BCUT2D eigenvalue weighted by Crippen LogP contribution is -2.40. The Morgan fingerprint density at radius 1 is 1.08 bits per heavy atom. The van der Waals surface area contributed by atoms with Crippen LogP contribution in [0.1, 0.15) is 43.4 Å². The third-order valence-electron chi connectivity index (χ3n) is 5.56. The largest absolute Gasteiger partial charge is 0.355 e. The molecule has 2 aliphatic rings. The van der Waals surface area contributed by atoms with Crippen molar-refractivity contribution in [2.45, 2.75) is 44.9 Å². The molecule has 1 aromatic rings. The van der Waals surface area contributed by atoms with Crippen LogP contribution in [-0.2, 0) is 11.2 Å². The molecule has 2 heterocycles. The van der Waals surface area contributed by atoms with Crippen molar-refractivity contribution in [3.05, 3.63) is 22.4 Å². The Morgan fingerprint density at radius 3 is 2.68 bits per heavy atom. The molecule has 25 heavy (non-hydrogen) atoms. The van der Waals surface area contributed by atoms with Crippen molar-refractivity contribution in [1.82, 2.24) is 15.1 Å². The Balaban J connectivity index is 1.32. The van der Waals surface area contributed by atoms with Crippen LogP contribution in [0.3, 0.4) is 0 Å². The van der Waals surface area contributed by atoms with E-state index in [2.05, 4.69) is 32.6 Å². The second-order valence-corrected chi connectivity index (χ2v) is 8.65. The number of hydrogen-bond acceptors (Lipinski definition) is 4.